The van der Waals surface area contributed by atoms with Gasteiger partial charge in [0.2, 0.25) is 0 Å². The van der Waals surface area contributed by atoms with E-state index in [9.17, 15) is 18.8 Å². The van der Waals surface area contributed by atoms with E-state index in [1.165, 1.54) is 40.1 Å². The maximum absolute atomic E-state index is 14.5. The fourth-order valence-corrected chi connectivity index (χ4v) is 11.5. The number of rotatable bonds is 11. The van der Waals surface area contributed by atoms with Gasteiger partial charge in [-0.25, -0.2) is 33.7 Å². The Kier molecular flexibility index (Phi) is 18.2. The molecule has 6 N–H and O–H groups in total. The zero-order chi connectivity index (χ0) is 55.5. The first-order valence-electron chi connectivity index (χ1n) is 25.0. The number of urea groups is 3. The maximum atomic E-state index is 14.5. The van der Waals surface area contributed by atoms with Crippen LogP contribution in [-0.2, 0) is 9.31 Å². The molecule has 10 aromatic rings. The molecule has 1 saturated heterocycles. The average molecular weight is 1180 g/mol. The van der Waals surface area contributed by atoms with Gasteiger partial charge in [0.05, 0.1) is 30.6 Å². The summed E-state index contributed by atoms with van der Waals surface area (Å²) in [6, 6.07) is 25.5. The number of aromatic nitrogens is 7. The van der Waals surface area contributed by atoms with Crippen LogP contribution in [0.25, 0.3) is 75.3 Å². The van der Waals surface area contributed by atoms with Gasteiger partial charge in [-0.2, -0.15) is 0 Å². The molecule has 1 aliphatic heterocycles. The van der Waals surface area contributed by atoms with Crippen molar-refractivity contribution in [2.24, 2.45) is 5.41 Å². The Bertz CT molecular complexity index is 3760. The summed E-state index contributed by atoms with van der Waals surface area (Å²) in [5.74, 6) is -0.418. The van der Waals surface area contributed by atoms with E-state index < -0.39 is 12.9 Å². The van der Waals surface area contributed by atoms with Gasteiger partial charge in [0.15, 0.2) is 15.4 Å². The van der Waals surface area contributed by atoms with E-state index in [1.807, 2.05) is 99.9 Å². The van der Waals surface area contributed by atoms with E-state index in [1.54, 1.807) is 37.1 Å². The highest BCUT2D eigenvalue weighted by atomic mass is 79.9. The van der Waals surface area contributed by atoms with Crippen LogP contribution in [0, 0.1) is 11.2 Å². The van der Waals surface area contributed by atoms with Crippen molar-refractivity contribution in [1.82, 2.24) is 50.8 Å². The maximum Gasteiger partial charge on any atom is 0.495 e. The van der Waals surface area contributed by atoms with E-state index in [0.717, 1.165) is 68.4 Å². The number of hydrogen-bond donors (Lipinski definition) is 6. The molecule has 0 atom stereocenters. The summed E-state index contributed by atoms with van der Waals surface area (Å²) in [7, 11) is -0.472. The molecule has 1 aliphatic rings. The van der Waals surface area contributed by atoms with Crippen LogP contribution in [0.5, 0.6) is 0 Å². The number of nitrogens with one attached hydrogen (secondary N) is 6. The first-order valence-corrected chi connectivity index (χ1v) is 28.2. The predicted octanol–water partition coefficient (Wildman–Crippen LogP) is 12.2. The predicted molar refractivity (Wildman–Crippen MR) is 319 cm³/mol. The van der Waals surface area contributed by atoms with Gasteiger partial charge in [-0.3, -0.25) is 35.9 Å². The highest BCUT2D eigenvalue weighted by Gasteiger charge is 2.35. The third kappa shape index (κ3) is 14.1. The van der Waals surface area contributed by atoms with Crippen LogP contribution >= 0.6 is 49.9 Å². The highest BCUT2D eigenvalue weighted by Crippen LogP contribution is 2.40. The standard InChI is InChI=1S/C20H23BN4O3S.C20H16FN5OS.C15H13BrN4OS/c1-4-23-18(26)25-19-24-16-9-14(13-6-5-7-22-10-13)8-15(17(16)29-19)21-27-11-20(2,3)12-28-21;1-2-23-19(27)26-20-25-16-10-13(12-5-3-7-22-11-12)9-14(18(16)28-20)17-15(21)6-4-8-24-17;1-2-18-14(21)20-15-19-12-7-10(6-11(16)13(12)22-15)9-4-3-5-17-8-9/h5-10H,4,11-12H2,1-3H3,(H2,23,24,25,26);3-11H,2H2,1H3,(H2,23,25,26,27);3-8H,2H2,1H3,(H2,18,19,20,21). The Labute approximate surface area is 474 Å². The number of halogens is 2. The second kappa shape index (κ2) is 25.7. The SMILES string of the molecule is CCNC(=O)Nc1nc2cc(-c3cccnc3)cc(-c3ncccc3F)c2s1.CCNC(=O)Nc1nc2cc(-c3cccnc3)cc(B3OCC(C)(C)CO3)c2s1.CCNC(=O)Nc1nc2cc(-c3cccnc3)cc(Br)c2s1. The van der Waals surface area contributed by atoms with Crippen LogP contribution in [0.4, 0.5) is 34.2 Å². The number of amides is 6. The summed E-state index contributed by atoms with van der Waals surface area (Å²) in [6.07, 6.45) is 12.1. The number of carbonyl (C=O) groups is 3. The number of nitrogens with zero attached hydrogens (tertiary/aromatic N) is 7. The molecule has 7 aromatic heterocycles. The molecule has 0 aliphatic carbocycles. The molecule has 402 valence electrons. The molecule has 11 rings (SSSR count). The molecular weight excluding hydrogens is 1130 g/mol. The lowest BCUT2D eigenvalue weighted by atomic mass is 9.75. The molecule has 6 amide bonds. The smallest absolute Gasteiger partial charge is 0.407 e. The van der Waals surface area contributed by atoms with Crippen LogP contribution in [0.2, 0.25) is 0 Å². The van der Waals surface area contributed by atoms with E-state index in [-0.39, 0.29) is 29.2 Å². The highest BCUT2D eigenvalue weighted by molar-refractivity contribution is 9.10. The van der Waals surface area contributed by atoms with E-state index in [4.69, 9.17) is 9.31 Å². The van der Waals surface area contributed by atoms with Gasteiger partial charge in [-0.05, 0) is 114 Å². The van der Waals surface area contributed by atoms with Gasteiger partial charge in [-0.1, -0.05) is 72.1 Å². The quantitative estimate of drug-likeness (QED) is 0.0664. The van der Waals surface area contributed by atoms with Gasteiger partial charge >= 0.3 is 25.2 Å². The van der Waals surface area contributed by atoms with Crippen molar-refractivity contribution in [1.29, 1.82) is 0 Å². The molecule has 79 heavy (non-hydrogen) atoms. The zero-order valence-electron chi connectivity index (χ0n) is 43.4. The third-order valence-corrected chi connectivity index (χ3v) is 15.6. The van der Waals surface area contributed by atoms with Crippen molar-refractivity contribution in [2.75, 3.05) is 48.8 Å². The van der Waals surface area contributed by atoms with Gasteiger partial charge < -0.3 is 25.3 Å². The lowest BCUT2D eigenvalue weighted by Crippen LogP contribution is -2.47. The monoisotopic (exact) mass is 1180 g/mol. The van der Waals surface area contributed by atoms with E-state index >= 15 is 0 Å². The van der Waals surface area contributed by atoms with Crippen molar-refractivity contribution in [3.05, 3.63) is 139 Å². The topological polar surface area (TPSA) is 232 Å². The molecule has 1 fully saturated rings. The first-order chi connectivity index (χ1) is 38.3. The number of benzene rings is 3. The number of thiazole rings is 3. The molecule has 0 radical (unpaired) electrons. The molecule has 0 saturated carbocycles. The summed E-state index contributed by atoms with van der Waals surface area (Å²) in [6.45, 7) is 12.7. The molecule has 18 nitrogen and oxygen atoms in total. The van der Waals surface area contributed by atoms with Crippen LogP contribution in [0.15, 0.2) is 133 Å². The van der Waals surface area contributed by atoms with Gasteiger partial charge in [0.1, 0.15) is 11.5 Å². The fraction of sp³-hybridized carbons (Fsp3) is 0.200. The Balaban J connectivity index is 0.000000145. The average Bonchev–Trinajstić information content (AvgIpc) is 4.36. The van der Waals surface area contributed by atoms with Crippen LogP contribution < -0.4 is 37.4 Å². The Morgan fingerprint density at radius 3 is 1.48 bits per heavy atom. The normalized spacial score (nSPS) is 12.7. The molecule has 24 heteroatoms. The summed E-state index contributed by atoms with van der Waals surface area (Å²) in [5, 5.41) is 17.9. The van der Waals surface area contributed by atoms with Gasteiger partial charge in [0.25, 0.3) is 0 Å². The minimum absolute atomic E-state index is 0.0186. The third-order valence-electron chi connectivity index (χ3n) is 11.6. The van der Waals surface area contributed by atoms with Crippen LogP contribution in [0.3, 0.4) is 0 Å². The first kappa shape index (κ1) is 55.9. The second-order valence-electron chi connectivity index (χ2n) is 18.3. The van der Waals surface area contributed by atoms with Crippen molar-refractivity contribution < 1.29 is 28.1 Å². The van der Waals surface area contributed by atoms with E-state index in [0.29, 0.717) is 59.3 Å². The number of hydrogen-bond acceptors (Lipinski definition) is 15. The summed E-state index contributed by atoms with van der Waals surface area (Å²) in [5.41, 5.74) is 9.78. The lowest BCUT2D eigenvalue weighted by Gasteiger charge is -2.33. The van der Waals surface area contributed by atoms with Crippen LogP contribution in [-0.4, -0.2) is 92.9 Å². The van der Waals surface area contributed by atoms with Gasteiger partial charge in [0, 0.05) is 114 Å². The van der Waals surface area contributed by atoms with Crippen molar-refractivity contribution in [3.8, 4) is 44.6 Å². The number of pyridine rings is 4. The molecular formula is C55H52BBrFN13O5S3. The summed E-state index contributed by atoms with van der Waals surface area (Å²) in [4.78, 5) is 65.7. The van der Waals surface area contributed by atoms with Crippen molar-refractivity contribution in [3.63, 3.8) is 0 Å². The van der Waals surface area contributed by atoms with Gasteiger partial charge in [-0.15, -0.1) is 0 Å². The van der Waals surface area contributed by atoms with Crippen LogP contribution in [0.1, 0.15) is 34.6 Å². The van der Waals surface area contributed by atoms with E-state index in [2.05, 4.69) is 103 Å². The lowest BCUT2D eigenvalue weighted by molar-refractivity contribution is 0.0344. The summed E-state index contributed by atoms with van der Waals surface area (Å²) < 4.78 is 30.2. The number of carbonyl (C=O) groups excluding carboxylic acids is 3. The fourth-order valence-electron chi connectivity index (χ4n) is 8.06. The molecule has 0 spiro atoms. The zero-order valence-corrected chi connectivity index (χ0v) is 47.4. The Hall–Kier alpha value is -7.87. The minimum Gasteiger partial charge on any atom is -0.407 e. The molecule has 3 aromatic carbocycles. The molecule has 8 heterocycles. The second-order valence-corrected chi connectivity index (χ2v) is 22.1. The Morgan fingerprint density at radius 2 is 1.01 bits per heavy atom. The molecule has 0 unspecified atom stereocenters. The Morgan fingerprint density at radius 1 is 0.582 bits per heavy atom. The van der Waals surface area contributed by atoms with Crippen molar-refractivity contribution >= 4 is 127 Å². The minimum atomic E-state index is -0.472. The number of anilines is 3. The van der Waals surface area contributed by atoms with Crippen molar-refractivity contribution in [2.45, 2.75) is 34.6 Å². The summed E-state index contributed by atoms with van der Waals surface area (Å²) >= 11 is 7.71. The number of fused-ring (bicyclic) bond motifs is 3. The largest absolute Gasteiger partial charge is 0.495 e. The molecule has 0 bridgehead atoms.